The van der Waals surface area contributed by atoms with Crippen LogP contribution in [-0.4, -0.2) is 78.5 Å². The molecule has 0 bridgehead atoms. The van der Waals surface area contributed by atoms with Crippen molar-refractivity contribution in [2.24, 2.45) is 35.5 Å². The molecule has 0 radical (unpaired) electrons. The van der Waals surface area contributed by atoms with Crippen LogP contribution in [0, 0.1) is 35.5 Å². The van der Waals surface area contributed by atoms with Gasteiger partial charge in [-0.3, -0.25) is 0 Å². The van der Waals surface area contributed by atoms with E-state index in [1.807, 2.05) is 0 Å². The molecule has 6 nitrogen and oxygen atoms in total. The van der Waals surface area contributed by atoms with Gasteiger partial charge in [0.05, 0.1) is 0 Å². The summed E-state index contributed by atoms with van der Waals surface area (Å²) in [6.45, 7) is 14.1. The van der Waals surface area contributed by atoms with Crippen molar-refractivity contribution in [3.8, 4) is 0 Å². The van der Waals surface area contributed by atoms with Crippen molar-refractivity contribution in [1.29, 1.82) is 0 Å². The van der Waals surface area contributed by atoms with Gasteiger partial charge in [0.2, 0.25) is 0 Å². The molecule has 0 aromatic carbocycles. The SMILES string of the molecule is C(CC1CCNCC1)CC1CCNCC1.C(CC1CC[N-]CC1)CC1CC[N-]CC1.C(CC1CC[N-]CC1)CC1CC[N-]CC1.[Li+].[Li+].[Li+].[Li+]. The van der Waals surface area contributed by atoms with Crippen LogP contribution in [0.15, 0.2) is 0 Å². The summed E-state index contributed by atoms with van der Waals surface area (Å²) in [6.07, 6.45) is 29.8. The molecule has 0 aliphatic carbocycles. The van der Waals surface area contributed by atoms with Crippen LogP contribution in [0.4, 0.5) is 0 Å². The van der Waals surface area contributed by atoms with Crippen LogP contribution < -0.4 is 86.1 Å². The van der Waals surface area contributed by atoms with Crippen molar-refractivity contribution >= 4 is 0 Å². The monoisotopic (exact) mass is 655 g/mol. The normalized spacial score (nSPS) is 23.5. The first kappa shape index (κ1) is 51.1. The van der Waals surface area contributed by atoms with Crippen LogP contribution in [0.2, 0.25) is 0 Å². The first-order valence-corrected chi connectivity index (χ1v) is 20.3. The van der Waals surface area contributed by atoms with Crippen molar-refractivity contribution in [2.75, 3.05) is 78.5 Å². The van der Waals surface area contributed by atoms with E-state index in [0.717, 1.165) is 87.9 Å². The second-order valence-corrected chi connectivity index (χ2v) is 15.6. The summed E-state index contributed by atoms with van der Waals surface area (Å²) in [5, 5.41) is 24.5. The molecule has 10 heteroatoms. The molecule has 6 rings (SSSR count). The smallest absolute Gasteiger partial charge is 0.662 e. The van der Waals surface area contributed by atoms with Gasteiger partial charge in [-0.1, -0.05) is 109 Å². The third kappa shape index (κ3) is 25.0. The molecule has 0 atom stereocenters. The fourth-order valence-electron chi connectivity index (χ4n) is 8.80. The first-order chi connectivity index (χ1) is 22.3. The number of rotatable bonds is 12. The molecule has 264 valence electrons. The van der Waals surface area contributed by atoms with Crippen LogP contribution in [0.5, 0.6) is 0 Å². The Hall–Kier alpha value is 2.15. The van der Waals surface area contributed by atoms with Gasteiger partial charge in [0.15, 0.2) is 0 Å². The van der Waals surface area contributed by atoms with Crippen molar-refractivity contribution in [2.45, 2.75) is 135 Å². The molecule has 6 saturated heterocycles. The minimum Gasteiger partial charge on any atom is -0.662 e. The van der Waals surface area contributed by atoms with Crippen LogP contribution >= 0.6 is 0 Å². The first-order valence-electron chi connectivity index (χ1n) is 20.3. The number of hydrogen-bond donors (Lipinski definition) is 2. The van der Waals surface area contributed by atoms with Gasteiger partial charge in [0.1, 0.15) is 0 Å². The minimum atomic E-state index is 0. The second kappa shape index (κ2) is 34.6. The molecule has 2 N–H and O–H groups in total. The molecule has 6 heterocycles. The van der Waals surface area contributed by atoms with Gasteiger partial charge >= 0.3 is 75.4 Å². The van der Waals surface area contributed by atoms with Crippen LogP contribution in [0.25, 0.3) is 21.3 Å². The van der Waals surface area contributed by atoms with Gasteiger partial charge < -0.3 is 31.9 Å². The van der Waals surface area contributed by atoms with Gasteiger partial charge in [-0.15, -0.1) is 52.4 Å². The Morgan fingerprint density at radius 1 is 0.286 bits per heavy atom. The van der Waals surface area contributed by atoms with E-state index in [9.17, 15) is 0 Å². The Balaban J connectivity index is 0.000000678. The third-order valence-corrected chi connectivity index (χ3v) is 12.2. The summed E-state index contributed by atoms with van der Waals surface area (Å²) in [5.41, 5.74) is 0. The summed E-state index contributed by atoms with van der Waals surface area (Å²) in [6, 6.07) is 0. The molecule has 0 unspecified atom stereocenters. The summed E-state index contributed by atoms with van der Waals surface area (Å²) in [7, 11) is 0. The van der Waals surface area contributed by atoms with E-state index < -0.39 is 0 Å². The van der Waals surface area contributed by atoms with Gasteiger partial charge in [-0.25, -0.2) is 0 Å². The van der Waals surface area contributed by atoms with Gasteiger partial charge in [0, 0.05) is 0 Å². The Morgan fingerprint density at radius 2 is 0.469 bits per heavy atom. The van der Waals surface area contributed by atoms with E-state index in [0.29, 0.717) is 0 Å². The Labute approximate surface area is 353 Å². The Morgan fingerprint density at radius 3 is 0.673 bits per heavy atom. The van der Waals surface area contributed by atoms with Crippen molar-refractivity contribution in [3.63, 3.8) is 0 Å². The number of nitrogens with zero attached hydrogens (tertiary/aromatic N) is 4. The topological polar surface area (TPSA) is 80.5 Å². The summed E-state index contributed by atoms with van der Waals surface area (Å²) >= 11 is 0. The maximum atomic E-state index is 4.41. The largest absolute Gasteiger partial charge is 1.00 e. The fourth-order valence-corrected chi connectivity index (χ4v) is 8.80. The molecule has 0 spiro atoms. The van der Waals surface area contributed by atoms with Gasteiger partial charge in [0.25, 0.3) is 0 Å². The minimum absolute atomic E-state index is 0. The van der Waals surface area contributed by atoms with E-state index in [4.69, 9.17) is 0 Å². The quantitative estimate of drug-likeness (QED) is 0.231. The maximum Gasteiger partial charge on any atom is 1.00 e. The fraction of sp³-hybridized carbons (Fsp3) is 1.00. The molecular weight excluding hydrogens is 580 g/mol. The summed E-state index contributed by atoms with van der Waals surface area (Å²) in [5.74, 6) is 6.05. The Kier molecular flexibility index (Phi) is 36.1. The number of piperidine rings is 6. The standard InChI is InChI=1S/C13H26N2.2C13H24N2.4Li/c3*1(2-12-4-8-14-9-5-12)3-13-6-10-15-11-7-13;;;;/h12-15H,1-11H2;2*12-13H,1-11H2;;;;/q;2*-2;4*+1. The van der Waals surface area contributed by atoms with E-state index in [-0.39, 0.29) is 75.4 Å². The van der Waals surface area contributed by atoms with Gasteiger partial charge in [-0.2, -0.15) is 0 Å². The van der Waals surface area contributed by atoms with Crippen molar-refractivity contribution < 1.29 is 75.4 Å². The molecule has 0 aromatic heterocycles. The summed E-state index contributed by atoms with van der Waals surface area (Å²) in [4.78, 5) is 0. The predicted molar refractivity (Wildman–Crippen MR) is 196 cm³/mol. The molecule has 49 heavy (non-hydrogen) atoms. The van der Waals surface area contributed by atoms with Crippen molar-refractivity contribution in [1.82, 2.24) is 10.6 Å². The van der Waals surface area contributed by atoms with Crippen LogP contribution in [-0.2, 0) is 0 Å². The van der Waals surface area contributed by atoms with E-state index >= 15 is 0 Å². The maximum absolute atomic E-state index is 4.41. The van der Waals surface area contributed by atoms with E-state index in [1.54, 1.807) is 0 Å². The average Bonchev–Trinajstić information content (AvgIpc) is 3.12. The van der Waals surface area contributed by atoms with Crippen molar-refractivity contribution in [3.05, 3.63) is 21.3 Å². The Bertz CT molecular complexity index is 530. The zero-order valence-electron chi connectivity index (χ0n) is 33.6. The second-order valence-electron chi connectivity index (χ2n) is 15.6. The summed E-state index contributed by atoms with van der Waals surface area (Å²) < 4.78 is 0. The average molecular weight is 655 g/mol. The zero-order chi connectivity index (χ0) is 31.0. The van der Waals surface area contributed by atoms with Crippen LogP contribution in [0.3, 0.4) is 0 Å². The molecular formula is C39H74Li4N6. The van der Waals surface area contributed by atoms with E-state index in [2.05, 4.69) is 31.9 Å². The van der Waals surface area contributed by atoms with Crippen LogP contribution in [0.1, 0.15) is 135 Å². The zero-order valence-corrected chi connectivity index (χ0v) is 33.6. The van der Waals surface area contributed by atoms with Gasteiger partial charge in [-0.05, 0) is 87.4 Å². The predicted octanol–water partition coefficient (Wildman–Crippen LogP) is -2.38. The van der Waals surface area contributed by atoms with E-state index in [1.165, 1.54) is 161 Å². The molecule has 0 amide bonds. The third-order valence-electron chi connectivity index (χ3n) is 12.2. The number of nitrogens with one attached hydrogen (secondary N) is 2. The number of hydrogen-bond acceptors (Lipinski definition) is 2. The molecule has 6 aliphatic heterocycles. The molecule has 0 aromatic rings. The molecule has 6 fully saturated rings. The molecule has 6 aliphatic rings. The molecule has 0 saturated carbocycles.